The molecule has 6 nitrogen and oxygen atoms in total. The number of aliphatic hydroxyl groups is 1. The molecule has 0 aromatic heterocycles. The molecule has 6 heteroatoms. The Kier molecular flexibility index (Phi) is 6.08. The van der Waals surface area contributed by atoms with Gasteiger partial charge in [-0.25, -0.2) is 0 Å². The molecular formula is C24H29NO5. The van der Waals surface area contributed by atoms with Crippen molar-refractivity contribution in [2.24, 2.45) is 0 Å². The first-order valence-corrected chi connectivity index (χ1v) is 9.83. The second kappa shape index (κ2) is 8.40. The number of carbonyl (C=O) groups excluding carboxylic acids is 1. The quantitative estimate of drug-likeness (QED) is 0.675. The van der Waals surface area contributed by atoms with E-state index in [2.05, 4.69) is 5.32 Å². The van der Waals surface area contributed by atoms with Gasteiger partial charge in [0.2, 0.25) is 0 Å². The fourth-order valence-electron chi connectivity index (χ4n) is 3.65. The minimum Gasteiger partial charge on any atom is -0.497 e. The molecule has 1 aliphatic rings. The lowest BCUT2D eigenvalue weighted by Gasteiger charge is -2.27. The molecule has 1 heterocycles. The monoisotopic (exact) mass is 411 g/mol. The fraction of sp³-hybridized carbons (Fsp3) is 0.375. The molecule has 2 aromatic rings. The van der Waals surface area contributed by atoms with Crippen LogP contribution in [0.3, 0.4) is 0 Å². The maximum absolute atomic E-state index is 11.9. The summed E-state index contributed by atoms with van der Waals surface area (Å²) in [4.78, 5) is 11.9. The van der Waals surface area contributed by atoms with Crippen LogP contribution >= 0.6 is 0 Å². The molecule has 0 fully saturated rings. The number of benzene rings is 2. The Hall–Kier alpha value is -2.99. The van der Waals surface area contributed by atoms with E-state index >= 15 is 0 Å². The van der Waals surface area contributed by atoms with Gasteiger partial charge in [-0.15, -0.1) is 0 Å². The van der Waals surface area contributed by atoms with Crippen LogP contribution in [-0.4, -0.2) is 37.8 Å². The Bertz CT molecular complexity index is 965. The van der Waals surface area contributed by atoms with Crippen molar-refractivity contribution < 1.29 is 24.1 Å². The number of aldehydes is 1. The topological polar surface area (TPSA) is 77.0 Å². The van der Waals surface area contributed by atoms with Crippen molar-refractivity contribution in [3.05, 3.63) is 52.1 Å². The Balaban J connectivity index is 2.04. The number of ether oxygens (including phenoxy) is 3. The van der Waals surface area contributed by atoms with Crippen LogP contribution in [0.1, 0.15) is 47.7 Å². The average Bonchev–Trinajstić information content (AvgIpc) is 2.70. The van der Waals surface area contributed by atoms with E-state index in [1.54, 1.807) is 34.1 Å². The number of nitrogens with one attached hydrogen (secondary N) is 1. The van der Waals surface area contributed by atoms with Crippen molar-refractivity contribution >= 4 is 18.1 Å². The van der Waals surface area contributed by atoms with Gasteiger partial charge >= 0.3 is 0 Å². The molecule has 2 aromatic carbocycles. The second-order valence-corrected chi connectivity index (χ2v) is 8.19. The van der Waals surface area contributed by atoms with E-state index < -0.39 is 11.6 Å². The van der Waals surface area contributed by atoms with Gasteiger partial charge in [-0.05, 0) is 74.2 Å². The highest BCUT2D eigenvalue weighted by atomic mass is 16.5. The van der Waals surface area contributed by atoms with Crippen LogP contribution < -0.4 is 19.5 Å². The summed E-state index contributed by atoms with van der Waals surface area (Å²) in [5, 5.41) is 13.3. The van der Waals surface area contributed by atoms with Crippen molar-refractivity contribution in [3.8, 4) is 17.2 Å². The number of hydrogen-bond donors (Lipinski definition) is 2. The minimum absolute atomic E-state index is 0.204. The molecule has 160 valence electrons. The van der Waals surface area contributed by atoms with Crippen molar-refractivity contribution in [3.63, 3.8) is 0 Å². The third kappa shape index (κ3) is 4.44. The van der Waals surface area contributed by atoms with Crippen LogP contribution in [0, 0.1) is 13.8 Å². The first kappa shape index (κ1) is 21.7. The molecule has 3 rings (SSSR count). The normalized spacial score (nSPS) is 15.6. The van der Waals surface area contributed by atoms with Gasteiger partial charge < -0.3 is 29.4 Å². The van der Waals surface area contributed by atoms with Crippen molar-refractivity contribution in [1.82, 2.24) is 5.32 Å². The summed E-state index contributed by atoms with van der Waals surface area (Å²) in [7, 11) is 3.18. The van der Waals surface area contributed by atoms with E-state index in [1.807, 2.05) is 38.1 Å². The van der Waals surface area contributed by atoms with Crippen LogP contribution in [0.15, 0.2) is 24.3 Å². The van der Waals surface area contributed by atoms with Gasteiger partial charge in [-0.3, -0.25) is 0 Å². The number of hydrogen-bond acceptors (Lipinski definition) is 6. The van der Waals surface area contributed by atoms with Crippen LogP contribution in [-0.2, 0) is 4.79 Å². The molecule has 0 saturated heterocycles. The second-order valence-electron chi connectivity index (χ2n) is 8.19. The Labute approximate surface area is 177 Å². The first-order chi connectivity index (χ1) is 14.2. The Morgan fingerprint density at radius 2 is 1.77 bits per heavy atom. The maximum Gasteiger partial charge on any atom is 0.146 e. The molecule has 0 amide bonds. The van der Waals surface area contributed by atoms with Gasteiger partial charge in [0.1, 0.15) is 36.2 Å². The molecule has 0 spiro atoms. The summed E-state index contributed by atoms with van der Waals surface area (Å²) in [6, 6.07) is 7.16. The third-order valence-corrected chi connectivity index (χ3v) is 5.00. The molecule has 1 aliphatic heterocycles. The summed E-state index contributed by atoms with van der Waals surface area (Å²) in [5.41, 5.74) is 4.42. The maximum atomic E-state index is 11.9. The first-order valence-electron chi connectivity index (χ1n) is 9.83. The zero-order valence-electron chi connectivity index (χ0n) is 18.3. The van der Waals surface area contributed by atoms with Crippen molar-refractivity contribution in [2.45, 2.75) is 39.3 Å². The van der Waals surface area contributed by atoms with Crippen molar-refractivity contribution in [2.75, 3.05) is 20.8 Å². The van der Waals surface area contributed by atoms with Crippen LogP contribution in [0.25, 0.3) is 11.8 Å². The minimum atomic E-state index is -0.913. The van der Waals surface area contributed by atoms with E-state index in [-0.39, 0.29) is 6.61 Å². The lowest BCUT2D eigenvalue weighted by Crippen LogP contribution is -2.28. The summed E-state index contributed by atoms with van der Waals surface area (Å²) >= 11 is 0. The standard InChI is InChI=1S/C24H29NO5/c1-14-7-16(8-15(2)23(14)30-13-24(3,4)27)19-10-17-9-18(28-5)11-21(29-6)22(17)20(12-26)25-19/h7-12,20,25,27H,13H2,1-6H3. The van der Waals surface area contributed by atoms with Gasteiger partial charge in [0.05, 0.1) is 19.8 Å². The molecule has 0 saturated carbocycles. The van der Waals surface area contributed by atoms with Crippen LogP contribution in [0.5, 0.6) is 17.2 Å². The van der Waals surface area contributed by atoms with E-state index in [1.165, 1.54) is 0 Å². The largest absolute Gasteiger partial charge is 0.497 e. The predicted octanol–water partition coefficient (Wildman–Crippen LogP) is 3.81. The fourth-order valence-corrected chi connectivity index (χ4v) is 3.65. The molecule has 0 radical (unpaired) electrons. The van der Waals surface area contributed by atoms with Gasteiger partial charge in [-0.1, -0.05) is 0 Å². The summed E-state index contributed by atoms with van der Waals surface area (Å²) in [5.74, 6) is 2.02. The SMILES string of the molecule is COc1cc2c(c(OC)c1)C(C=O)NC(c1cc(C)c(OCC(C)(C)O)c(C)c1)=C2. The molecule has 2 N–H and O–H groups in total. The number of fused-ring (bicyclic) bond motifs is 1. The van der Waals surface area contributed by atoms with Gasteiger partial charge in [0.15, 0.2) is 0 Å². The van der Waals surface area contributed by atoms with E-state index in [0.717, 1.165) is 45.5 Å². The summed E-state index contributed by atoms with van der Waals surface area (Å²) in [6.45, 7) is 7.56. The Morgan fingerprint density at radius 3 is 2.30 bits per heavy atom. The highest BCUT2D eigenvalue weighted by molar-refractivity contribution is 5.89. The average molecular weight is 411 g/mol. The zero-order chi connectivity index (χ0) is 22.1. The molecule has 1 unspecified atom stereocenters. The number of carbonyl (C=O) groups is 1. The number of rotatable bonds is 7. The van der Waals surface area contributed by atoms with Crippen LogP contribution in [0.4, 0.5) is 0 Å². The lowest BCUT2D eigenvalue weighted by atomic mass is 9.92. The third-order valence-electron chi connectivity index (χ3n) is 5.00. The van der Waals surface area contributed by atoms with Crippen LogP contribution in [0.2, 0.25) is 0 Å². The number of aryl methyl sites for hydroxylation is 2. The lowest BCUT2D eigenvalue weighted by molar-refractivity contribution is -0.109. The van der Waals surface area contributed by atoms with Gasteiger partial charge in [-0.2, -0.15) is 0 Å². The molecule has 30 heavy (non-hydrogen) atoms. The molecule has 0 aliphatic carbocycles. The van der Waals surface area contributed by atoms with Crippen molar-refractivity contribution in [1.29, 1.82) is 0 Å². The van der Waals surface area contributed by atoms with Gasteiger partial charge in [0, 0.05) is 17.3 Å². The molecule has 0 bridgehead atoms. The zero-order valence-corrected chi connectivity index (χ0v) is 18.3. The Morgan fingerprint density at radius 1 is 1.10 bits per heavy atom. The predicted molar refractivity (Wildman–Crippen MR) is 117 cm³/mol. The summed E-state index contributed by atoms with van der Waals surface area (Å²) in [6.07, 6.45) is 2.87. The molecule has 1 atom stereocenters. The molecular weight excluding hydrogens is 382 g/mol. The van der Waals surface area contributed by atoms with E-state index in [0.29, 0.717) is 11.5 Å². The smallest absolute Gasteiger partial charge is 0.146 e. The highest BCUT2D eigenvalue weighted by Crippen LogP contribution is 2.39. The van der Waals surface area contributed by atoms with E-state index in [4.69, 9.17) is 14.2 Å². The highest BCUT2D eigenvalue weighted by Gasteiger charge is 2.26. The summed E-state index contributed by atoms with van der Waals surface area (Å²) < 4.78 is 16.7. The number of methoxy groups -OCH3 is 2. The van der Waals surface area contributed by atoms with E-state index in [9.17, 15) is 9.90 Å². The van der Waals surface area contributed by atoms with Gasteiger partial charge in [0.25, 0.3) is 0 Å².